The number of imidazole rings is 1. The van der Waals surface area contributed by atoms with Crippen molar-refractivity contribution in [1.29, 1.82) is 0 Å². The highest BCUT2D eigenvalue weighted by Crippen LogP contribution is 2.44. The maximum absolute atomic E-state index is 14.4. The molecule has 10 heteroatoms. The van der Waals surface area contributed by atoms with Gasteiger partial charge in [0.1, 0.15) is 0 Å². The number of rotatable bonds is 7. The predicted molar refractivity (Wildman–Crippen MR) is 131 cm³/mol. The molecule has 37 heavy (non-hydrogen) atoms. The molecule has 4 aromatic rings. The highest BCUT2D eigenvalue weighted by Gasteiger charge is 2.59. The van der Waals surface area contributed by atoms with E-state index in [9.17, 15) is 33.0 Å². The van der Waals surface area contributed by atoms with Crippen molar-refractivity contribution in [2.45, 2.75) is 38.8 Å². The average molecular weight is 512 g/mol. The summed E-state index contributed by atoms with van der Waals surface area (Å²) in [7, 11) is 0. The number of alkyl halides is 3. The molecule has 192 valence electrons. The second kappa shape index (κ2) is 9.79. The number of halogens is 3. The van der Waals surface area contributed by atoms with Gasteiger partial charge in [0, 0.05) is 28.9 Å². The minimum Gasteiger partial charge on any atom is -0.392 e. The standard InChI is InChI=1S/C27H24F3N3O4/c1-3-33-23-14-19(24(36)31-21-6-4-5-18(13-21)16(2)35)9-12-22(23)32-25(33)26(37,27(28,29)30)20-10-7-17(15-34)8-11-20/h4-14,34,37H,3,15H2,1-2H3,(H,31,36). The molecule has 1 heterocycles. The van der Waals surface area contributed by atoms with E-state index in [4.69, 9.17) is 0 Å². The number of aliphatic hydroxyl groups excluding tert-OH is 1. The fourth-order valence-corrected chi connectivity index (χ4v) is 4.15. The lowest BCUT2D eigenvalue weighted by Gasteiger charge is -2.31. The van der Waals surface area contributed by atoms with Crippen LogP contribution in [0.5, 0.6) is 0 Å². The Labute approximate surface area is 210 Å². The lowest BCUT2D eigenvalue weighted by atomic mass is 9.91. The first-order valence-electron chi connectivity index (χ1n) is 11.4. The largest absolute Gasteiger partial charge is 0.428 e. The van der Waals surface area contributed by atoms with Crippen LogP contribution in [0, 0.1) is 0 Å². The molecule has 1 atom stereocenters. The number of fused-ring (bicyclic) bond motifs is 1. The van der Waals surface area contributed by atoms with Crippen molar-refractivity contribution < 1.29 is 33.0 Å². The van der Waals surface area contributed by atoms with E-state index in [2.05, 4.69) is 10.3 Å². The highest BCUT2D eigenvalue weighted by molar-refractivity contribution is 6.06. The maximum Gasteiger partial charge on any atom is 0.428 e. The van der Waals surface area contributed by atoms with Gasteiger partial charge in [0.2, 0.25) is 5.60 Å². The van der Waals surface area contributed by atoms with Gasteiger partial charge in [-0.3, -0.25) is 9.59 Å². The molecular formula is C27H24F3N3O4. The number of hydrogen-bond acceptors (Lipinski definition) is 5. The molecule has 3 N–H and O–H groups in total. The third kappa shape index (κ3) is 4.73. The van der Waals surface area contributed by atoms with Gasteiger partial charge in [-0.15, -0.1) is 0 Å². The Kier molecular flexibility index (Phi) is 6.90. The van der Waals surface area contributed by atoms with Crippen molar-refractivity contribution in [1.82, 2.24) is 9.55 Å². The number of benzene rings is 3. The summed E-state index contributed by atoms with van der Waals surface area (Å²) in [6.07, 6.45) is -5.12. The molecule has 1 unspecified atom stereocenters. The van der Waals surface area contributed by atoms with E-state index >= 15 is 0 Å². The predicted octanol–water partition coefficient (Wildman–Crippen LogP) is 4.80. The zero-order valence-corrected chi connectivity index (χ0v) is 20.0. The summed E-state index contributed by atoms with van der Waals surface area (Å²) in [6, 6.07) is 15.4. The first-order chi connectivity index (χ1) is 17.5. The Morgan fingerprint density at radius 1 is 1.00 bits per heavy atom. The van der Waals surface area contributed by atoms with Gasteiger partial charge in [0.25, 0.3) is 5.91 Å². The number of Topliss-reactive ketones (excluding diaryl/α,β-unsaturated/α-hetero) is 1. The Morgan fingerprint density at radius 3 is 2.30 bits per heavy atom. The van der Waals surface area contributed by atoms with Crippen LogP contribution in [0.25, 0.3) is 11.0 Å². The molecule has 0 radical (unpaired) electrons. The molecule has 1 amide bonds. The van der Waals surface area contributed by atoms with Gasteiger partial charge < -0.3 is 20.1 Å². The Morgan fingerprint density at radius 2 is 1.70 bits per heavy atom. The first kappa shape index (κ1) is 26.1. The van der Waals surface area contributed by atoms with Crippen molar-refractivity contribution in [3.05, 3.63) is 94.8 Å². The molecule has 0 bridgehead atoms. The van der Waals surface area contributed by atoms with Crippen LogP contribution < -0.4 is 5.32 Å². The van der Waals surface area contributed by atoms with E-state index in [0.717, 1.165) is 12.1 Å². The van der Waals surface area contributed by atoms with Crippen molar-refractivity contribution in [2.24, 2.45) is 0 Å². The Balaban J connectivity index is 1.79. The number of nitrogens with zero attached hydrogens (tertiary/aromatic N) is 2. The van der Waals surface area contributed by atoms with Crippen molar-refractivity contribution in [2.75, 3.05) is 5.32 Å². The summed E-state index contributed by atoms with van der Waals surface area (Å²) in [5.74, 6) is -1.33. The molecule has 0 aliphatic heterocycles. The summed E-state index contributed by atoms with van der Waals surface area (Å²) in [4.78, 5) is 28.7. The van der Waals surface area contributed by atoms with E-state index in [0.29, 0.717) is 16.8 Å². The summed E-state index contributed by atoms with van der Waals surface area (Å²) >= 11 is 0. The SMILES string of the molecule is CCn1c(C(O)(c2ccc(CO)cc2)C(F)(F)F)nc2ccc(C(=O)Nc3cccc(C(C)=O)c3)cc21. The number of amides is 1. The van der Waals surface area contributed by atoms with E-state index in [1.54, 1.807) is 25.1 Å². The second-order valence-electron chi connectivity index (χ2n) is 8.54. The molecule has 0 spiro atoms. The van der Waals surface area contributed by atoms with Gasteiger partial charge >= 0.3 is 6.18 Å². The fraction of sp³-hybridized carbons (Fsp3) is 0.222. The van der Waals surface area contributed by atoms with Crippen molar-refractivity contribution in [3.63, 3.8) is 0 Å². The van der Waals surface area contributed by atoms with Crippen LogP contribution in [0.2, 0.25) is 0 Å². The van der Waals surface area contributed by atoms with E-state index in [1.807, 2.05) is 0 Å². The fourth-order valence-electron chi connectivity index (χ4n) is 4.15. The summed E-state index contributed by atoms with van der Waals surface area (Å²) in [5, 5.41) is 23.1. The smallest absolute Gasteiger partial charge is 0.392 e. The number of aromatic nitrogens is 2. The number of aryl methyl sites for hydroxylation is 1. The van der Waals surface area contributed by atoms with Crippen LogP contribution in [-0.2, 0) is 18.8 Å². The number of aliphatic hydroxyl groups is 2. The second-order valence-corrected chi connectivity index (χ2v) is 8.54. The first-order valence-corrected chi connectivity index (χ1v) is 11.4. The zero-order chi connectivity index (χ0) is 27.0. The zero-order valence-electron chi connectivity index (χ0n) is 20.0. The molecule has 3 aromatic carbocycles. The third-order valence-electron chi connectivity index (χ3n) is 6.14. The topological polar surface area (TPSA) is 104 Å². The van der Waals surface area contributed by atoms with E-state index in [1.165, 1.54) is 47.9 Å². The number of nitrogens with one attached hydrogen (secondary N) is 1. The number of carbonyl (C=O) groups excluding carboxylic acids is 2. The van der Waals surface area contributed by atoms with E-state index < -0.39 is 29.1 Å². The summed E-state index contributed by atoms with van der Waals surface area (Å²) < 4.78 is 44.4. The van der Waals surface area contributed by atoms with Gasteiger partial charge in [0.05, 0.1) is 17.6 Å². The van der Waals surface area contributed by atoms with Crippen LogP contribution in [0.4, 0.5) is 18.9 Å². The normalized spacial score (nSPS) is 13.4. The minimum atomic E-state index is -5.12. The lowest BCUT2D eigenvalue weighted by molar-refractivity contribution is -0.252. The number of ketones is 1. The Bertz CT molecular complexity index is 1480. The van der Waals surface area contributed by atoms with Crippen LogP contribution >= 0.6 is 0 Å². The van der Waals surface area contributed by atoms with Crippen molar-refractivity contribution >= 4 is 28.4 Å². The summed E-state index contributed by atoms with van der Waals surface area (Å²) in [5.41, 5.74) is -2.14. The van der Waals surface area contributed by atoms with Crippen LogP contribution in [0.15, 0.2) is 66.7 Å². The van der Waals surface area contributed by atoms with Gasteiger partial charge in [0.15, 0.2) is 11.6 Å². The van der Waals surface area contributed by atoms with Crippen LogP contribution in [-0.4, -0.2) is 37.6 Å². The van der Waals surface area contributed by atoms with Crippen LogP contribution in [0.1, 0.15) is 51.5 Å². The third-order valence-corrected chi connectivity index (χ3v) is 6.14. The van der Waals surface area contributed by atoms with E-state index in [-0.39, 0.29) is 35.5 Å². The molecule has 0 aliphatic rings. The van der Waals surface area contributed by atoms with Gasteiger partial charge in [-0.1, -0.05) is 36.4 Å². The number of carbonyl (C=O) groups is 2. The van der Waals surface area contributed by atoms with Crippen LogP contribution in [0.3, 0.4) is 0 Å². The quantitative estimate of drug-likeness (QED) is 0.309. The monoisotopic (exact) mass is 511 g/mol. The van der Waals surface area contributed by atoms with Crippen molar-refractivity contribution in [3.8, 4) is 0 Å². The molecular weight excluding hydrogens is 487 g/mol. The number of anilines is 1. The van der Waals surface area contributed by atoms with Gasteiger partial charge in [-0.25, -0.2) is 4.98 Å². The minimum absolute atomic E-state index is 0.0324. The maximum atomic E-state index is 14.4. The molecule has 0 saturated carbocycles. The van der Waals surface area contributed by atoms with Gasteiger partial charge in [-0.2, -0.15) is 13.2 Å². The average Bonchev–Trinajstić information content (AvgIpc) is 3.25. The number of hydrogen-bond donors (Lipinski definition) is 3. The summed E-state index contributed by atoms with van der Waals surface area (Å²) in [6.45, 7) is 2.69. The Hall–Kier alpha value is -4.02. The highest BCUT2D eigenvalue weighted by atomic mass is 19.4. The molecule has 1 aromatic heterocycles. The lowest BCUT2D eigenvalue weighted by Crippen LogP contribution is -2.45. The molecule has 0 saturated heterocycles. The van der Waals surface area contributed by atoms with Gasteiger partial charge in [-0.05, 0) is 49.7 Å². The molecule has 0 aliphatic carbocycles. The molecule has 4 rings (SSSR count). The molecule has 0 fully saturated rings. The molecule has 7 nitrogen and oxygen atoms in total.